The fourth-order valence-electron chi connectivity index (χ4n) is 1.73. The van der Waals surface area contributed by atoms with Crippen LogP contribution in [-0.4, -0.2) is 47.8 Å². The van der Waals surface area contributed by atoms with Crippen LogP contribution >= 0.6 is 15.9 Å². The van der Waals surface area contributed by atoms with Crippen LogP contribution in [0.4, 0.5) is 11.5 Å². The van der Waals surface area contributed by atoms with Gasteiger partial charge in [0.25, 0.3) is 0 Å². The molecule has 18 heavy (non-hydrogen) atoms. The first-order chi connectivity index (χ1) is 8.23. The molecule has 0 aromatic carbocycles. The van der Waals surface area contributed by atoms with Gasteiger partial charge in [-0.15, -0.1) is 0 Å². The number of pyridine rings is 1. The van der Waals surface area contributed by atoms with Gasteiger partial charge in [0.15, 0.2) is 0 Å². The molecule has 0 saturated heterocycles. The SMILES string of the molecule is Cc1c(N)cnc(NCC(C)(O)CN(C)C)c1Br. The van der Waals surface area contributed by atoms with Crippen molar-refractivity contribution in [1.82, 2.24) is 9.88 Å². The lowest BCUT2D eigenvalue weighted by Crippen LogP contribution is -2.43. The van der Waals surface area contributed by atoms with E-state index in [0.717, 1.165) is 10.0 Å². The average molecular weight is 317 g/mol. The summed E-state index contributed by atoms with van der Waals surface area (Å²) in [6, 6.07) is 0. The lowest BCUT2D eigenvalue weighted by molar-refractivity contribution is 0.0459. The Hall–Kier alpha value is -0.850. The molecule has 0 saturated carbocycles. The number of nitrogen functional groups attached to an aromatic ring is 1. The molecule has 0 fully saturated rings. The van der Waals surface area contributed by atoms with Crippen molar-refractivity contribution < 1.29 is 5.11 Å². The number of nitrogens with two attached hydrogens (primary N) is 1. The number of likely N-dealkylation sites (N-methyl/N-ethyl adjacent to an activating group) is 1. The van der Waals surface area contributed by atoms with E-state index in [1.54, 1.807) is 13.1 Å². The van der Waals surface area contributed by atoms with E-state index in [4.69, 9.17) is 5.73 Å². The van der Waals surface area contributed by atoms with Crippen molar-refractivity contribution >= 4 is 27.4 Å². The summed E-state index contributed by atoms with van der Waals surface area (Å²) in [6.07, 6.45) is 1.61. The standard InChI is InChI=1S/C12H21BrN4O/c1-8-9(14)5-15-11(10(8)13)16-6-12(2,18)7-17(3)4/h5,18H,6-7,14H2,1-4H3,(H,15,16). The maximum atomic E-state index is 10.2. The van der Waals surface area contributed by atoms with E-state index in [1.807, 2.05) is 25.9 Å². The van der Waals surface area contributed by atoms with Gasteiger partial charge < -0.3 is 21.1 Å². The van der Waals surface area contributed by atoms with Gasteiger partial charge in [-0.3, -0.25) is 0 Å². The largest absolute Gasteiger partial charge is 0.397 e. The smallest absolute Gasteiger partial charge is 0.140 e. The first-order valence-electron chi connectivity index (χ1n) is 5.74. The van der Waals surface area contributed by atoms with Crippen LogP contribution in [0.25, 0.3) is 0 Å². The number of hydrogen-bond donors (Lipinski definition) is 3. The van der Waals surface area contributed by atoms with Crippen LogP contribution in [0.3, 0.4) is 0 Å². The Kier molecular flexibility index (Phi) is 4.95. The van der Waals surface area contributed by atoms with Crippen LogP contribution in [0, 0.1) is 6.92 Å². The zero-order valence-electron chi connectivity index (χ0n) is 11.3. The number of aromatic nitrogens is 1. The second kappa shape index (κ2) is 5.86. The molecule has 102 valence electrons. The molecule has 1 aromatic heterocycles. The summed E-state index contributed by atoms with van der Waals surface area (Å²) >= 11 is 3.45. The third-order valence-corrected chi connectivity index (χ3v) is 3.57. The molecule has 0 radical (unpaired) electrons. The normalized spacial score (nSPS) is 14.6. The Morgan fingerprint density at radius 3 is 2.72 bits per heavy atom. The number of rotatable bonds is 5. The number of nitrogens with one attached hydrogen (secondary N) is 1. The number of hydrogen-bond acceptors (Lipinski definition) is 5. The van der Waals surface area contributed by atoms with Crippen LogP contribution in [0.2, 0.25) is 0 Å². The Morgan fingerprint density at radius 1 is 1.56 bits per heavy atom. The fourth-order valence-corrected chi connectivity index (χ4v) is 2.20. The lowest BCUT2D eigenvalue weighted by Gasteiger charge is -2.27. The minimum Gasteiger partial charge on any atom is -0.397 e. The minimum atomic E-state index is -0.820. The van der Waals surface area contributed by atoms with Crippen molar-refractivity contribution in [2.45, 2.75) is 19.4 Å². The summed E-state index contributed by atoms with van der Waals surface area (Å²) < 4.78 is 0.836. The Labute approximate surface area is 117 Å². The van der Waals surface area contributed by atoms with E-state index in [0.29, 0.717) is 24.6 Å². The van der Waals surface area contributed by atoms with E-state index >= 15 is 0 Å². The van der Waals surface area contributed by atoms with Crippen LogP contribution < -0.4 is 11.1 Å². The third kappa shape index (κ3) is 4.12. The predicted octanol–water partition coefficient (Wildman–Crippen LogP) is 1.46. The molecule has 0 bridgehead atoms. The van der Waals surface area contributed by atoms with Gasteiger partial charge in [-0.1, -0.05) is 0 Å². The van der Waals surface area contributed by atoms with Gasteiger partial charge in [-0.05, 0) is 49.4 Å². The second-order valence-corrected chi connectivity index (χ2v) is 5.88. The molecule has 5 nitrogen and oxygen atoms in total. The molecule has 1 unspecified atom stereocenters. The molecular weight excluding hydrogens is 296 g/mol. The van der Waals surface area contributed by atoms with Crippen molar-refractivity contribution in [2.75, 3.05) is 38.2 Å². The van der Waals surface area contributed by atoms with Crippen molar-refractivity contribution in [3.05, 3.63) is 16.2 Å². The quantitative estimate of drug-likeness (QED) is 0.767. The summed E-state index contributed by atoms with van der Waals surface area (Å²) in [5, 5.41) is 13.3. The molecule has 0 aliphatic rings. The average Bonchev–Trinajstić information content (AvgIpc) is 2.23. The highest BCUT2D eigenvalue weighted by molar-refractivity contribution is 9.10. The molecule has 1 aromatic rings. The monoisotopic (exact) mass is 316 g/mol. The molecule has 1 rings (SSSR count). The van der Waals surface area contributed by atoms with E-state index in [-0.39, 0.29) is 0 Å². The van der Waals surface area contributed by atoms with Crippen molar-refractivity contribution in [1.29, 1.82) is 0 Å². The molecule has 6 heteroatoms. The minimum absolute atomic E-state index is 0.417. The van der Waals surface area contributed by atoms with Gasteiger partial charge in [-0.25, -0.2) is 4.98 Å². The van der Waals surface area contributed by atoms with Crippen molar-refractivity contribution in [3.63, 3.8) is 0 Å². The highest BCUT2D eigenvalue weighted by atomic mass is 79.9. The van der Waals surface area contributed by atoms with E-state index in [1.165, 1.54) is 0 Å². The van der Waals surface area contributed by atoms with E-state index in [9.17, 15) is 5.11 Å². The topological polar surface area (TPSA) is 74.4 Å². The molecular formula is C12H21BrN4O. The second-order valence-electron chi connectivity index (χ2n) is 5.09. The number of anilines is 2. The van der Waals surface area contributed by atoms with Gasteiger partial charge in [-0.2, -0.15) is 0 Å². The highest BCUT2D eigenvalue weighted by Crippen LogP contribution is 2.27. The molecule has 0 amide bonds. The Bertz CT molecular complexity index is 421. The third-order valence-electron chi connectivity index (χ3n) is 2.60. The van der Waals surface area contributed by atoms with Gasteiger partial charge in [0.2, 0.25) is 0 Å². The summed E-state index contributed by atoms with van der Waals surface area (Å²) in [5.41, 5.74) is 6.53. The molecule has 1 atom stereocenters. The van der Waals surface area contributed by atoms with Gasteiger partial charge in [0, 0.05) is 13.1 Å². The number of nitrogens with zero attached hydrogens (tertiary/aromatic N) is 2. The molecule has 0 aliphatic carbocycles. The van der Waals surface area contributed by atoms with Crippen LogP contribution in [0.15, 0.2) is 10.7 Å². The lowest BCUT2D eigenvalue weighted by atomic mass is 10.1. The van der Waals surface area contributed by atoms with Crippen molar-refractivity contribution in [3.8, 4) is 0 Å². The summed E-state index contributed by atoms with van der Waals surface area (Å²) in [6.45, 7) is 4.70. The fraction of sp³-hybridized carbons (Fsp3) is 0.583. The number of halogens is 1. The summed E-state index contributed by atoms with van der Waals surface area (Å²) in [7, 11) is 3.85. The number of aliphatic hydroxyl groups is 1. The van der Waals surface area contributed by atoms with Gasteiger partial charge in [0.05, 0.1) is 22.0 Å². The molecule has 4 N–H and O–H groups in total. The Balaban J connectivity index is 2.72. The zero-order chi connectivity index (χ0) is 13.9. The first-order valence-corrected chi connectivity index (χ1v) is 6.54. The highest BCUT2D eigenvalue weighted by Gasteiger charge is 2.21. The first kappa shape index (κ1) is 15.2. The van der Waals surface area contributed by atoms with Crippen molar-refractivity contribution in [2.24, 2.45) is 0 Å². The predicted molar refractivity (Wildman–Crippen MR) is 78.8 cm³/mol. The Morgan fingerprint density at radius 2 is 2.17 bits per heavy atom. The zero-order valence-corrected chi connectivity index (χ0v) is 12.9. The summed E-state index contributed by atoms with van der Waals surface area (Å²) in [5.74, 6) is 0.695. The maximum absolute atomic E-state index is 10.2. The molecule has 0 aliphatic heterocycles. The molecule has 1 heterocycles. The van der Waals surface area contributed by atoms with Gasteiger partial charge >= 0.3 is 0 Å². The van der Waals surface area contributed by atoms with Crippen LogP contribution in [0.1, 0.15) is 12.5 Å². The molecule has 0 spiro atoms. The maximum Gasteiger partial charge on any atom is 0.140 e. The van der Waals surface area contributed by atoms with Gasteiger partial charge in [0.1, 0.15) is 5.82 Å². The van der Waals surface area contributed by atoms with E-state index < -0.39 is 5.60 Å². The summed E-state index contributed by atoms with van der Waals surface area (Å²) in [4.78, 5) is 6.16. The van der Waals surface area contributed by atoms with E-state index in [2.05, 4.69) is 26.2 Å². The van der Waals surface area contributed by atoms with Crippen LogP contribution in [-0.2, 0) is 0 Å². The van der Waals surface area contributed by atoms with Crippen LogP contribution in [0.5, 0.6) is 0 Å².